The fraction of sp³-hybridized carbons (Fsp3) is 0.500. The zero-order chi connectivity index (χ0) is 12.1. The van der Waals surface area contributed by atoms with Crippen molar-refractivity contribution in [2.45, 2.75) is 33.6 Å². The number of amides is 1. The van der Waals surface area contributed by atoms with Crippen LogP contribution in [0.1, 0.15) is 41.3 Å². The van der Waals surface area contributed by atoms with Gasteiger partial charge in [-0.25, -0.2) is 0 Å². The van der Waals surface area contributed by atoms with Crippen molar-refractivity contribution in [3.8, 4) is 0 Å². The fourth-order valence-electron chi connectivity index (χ4n) is 1.76. The van der Waals surface area contributed by atoms with E-state index in [0.29, 0.717) is 0 Å². The minimum Gasteiger partial charge on any atom is -0.342 e. The van der Waals surface area contributed by atoms with Crippen molar-refractivity contribution in [2.24, 2.45) is 0 Å². The Labute approximate surface area is 98.3 Å². The van der Waals surface area contributed by atoms with Crippen molar-refractivity contribution >= 4 is 5.91 Å². The van der Waals surface area contributed by atoms with Crippen LogP contribution in [0.2, 0.25) is 0 Å². The summed E-state index contributed by atoms with van der Waals surface area (Å²) < 4.78 is 0. The quantitative estimate of drug-likeness (QED) is 0.761. The molecule has 1 amide bonds. The van der Waals surface area contributed by atoms with Crippen LogP contribution in [-0.2, 0) is 0 Å². The number of hydrogen-bond donors (Lipinski definition) is 0. The van der Waals surface area contributed by atoms with Gasteiger partial charge in [-0.3, -0.25) is 4.79 Å². The normalized spacial score (nSPS) is 10.2. The maximum atomic E-state index is 12.1. The van der Waals surface area contributed by atoms with Gasteiger partial charge in [0, 0.05) is 19.2 Å². The Bertz CT molecular complexity index is 371. The Morgan fingerprint density at radius 2 is 2.00 bits per heavy atom. The van der Waals surface area contributed by atoms with E-state index < -0.39 is 0 Å². The van der Waals surface area contributed by atoms with Crippen molar-refractivity contribution in [2.75, 3.05) is 13.6 Å². The highest BCUT2D eigenvalue weighted by Gasteiger charge is 2.13. The molecule has 0 atom stereocenters. The van der Waals surface area contributed by atoms with Crippen molar-refractivity contribution in [1.82, 2.24) is 4.90 Å². The molecule has 0 aliphatic heterocycles. The topological polar surface area (TPSA) is 20.3 Å². The van der Waals surface area contributed by atoms with Crippen LogP contribution in [0, 0.1) is 13.8 Å². The largest absolute Gasteiger partial charge is 0.342 e. The van der Waals surface area contributed by atoms with Crippen molar-refractivity contribution in [1.29, 1.82) is 0 Å². The van der Waals surface area contributed by atoms with E-state index in [0.717, 1.165) is 30.5 Å². The Hall–Kier alpha value is -1.31. The lowest BCUT2D eigenvalue weighted by Gasteiger charge is -2.18. The van der Waals surface area contributed by atoms with Crippen LogP contribution < -0.4 is 0 Å². The molecule has 0 unspecified atom stereocenters. The summed E-state index contributed by atoms with van der Waals surface area (Å²) in [5.41, 5.74) is 3.09. The van der Waals surface area contributed by atoms with Crippen molar-refractivity contribution < 1.29 is 4.79 Å². The number of aryl methyl sites for hydroxylation is 2. The van der Waals surface area contributed by atoms with E-state index >= 15 is 0 Å². The zero-order valence-corrected chi connectivity index (χ0v) is 10.7. The van der Waals surface area contributed by atoms with Crippen LogP contribution in [0.15, 0.2) is 18.2 Å². The van der Waals surface area contributed by atoms with Gasteiger partial charge in [0.15, 0.2) is 0 Å². The molecule has 0 aromatic heterocycles. The van der Waals surface area contributed by atoms with Crippen LogP contribution in [-0.4, -0.2) is 24.4 Å². The average molecular weight is 219 g/mol. The van der Waals surface area contributed by atoms with Gasteiger partial charge in [0.05, 0.1) is 0 Å². The molecule has 2 nitrogen and oxygen atoms in total. The predicted octanol–water partition coefficient (Wildman–Crippen LogP) is 3.18. The smallest absolute Gasteiger partial charge is 0.253 e. The summed E-state index contributed by atoms with van der Waals surface area (Å²) in [4.78, 5) is 13.9. The molecule has 88 valence electrons. The molecule has 0 saturated heterocycles. The lowest BCUT2D eigenvalue weighted by atomic mass is 10.0. The van der Waals surface area contributed by atoms with E-state index in [1.807, 2.05) is 33.0 Å². The maximum absolute atomic E-state index is 12.1. The van der Waals surface area contributed by atoms with Crippen LogP contribution in [0.25, 0.3) is 0 Å². The number of carbonyl (C=O) groups excluding carboxylic acids is 1. The summed E-state index contributed by atoms with van der Waals surface area (Å²) in [6.45, 7) is 7.01. The molecule has 0 fully saturated rings. The molecule has 1 rings (SSSR count). The van der Waals surface area contributed by atoms with E-state index in [1.54, 1.807) is 4.90 Å². The zero-order valence-electron chi connectivity index (χ0n) is 10.7. The molecule has 0 spiro atoms. The second-order valence-electron chi connectivity index (χ2n) is 4.40. The number of nitrogens with zero attached hydrogens (tertiary/aromatic N) is 1. The van der Waals surface area contributed by atoms with Crippen LogP contribution >= 0.6 is 0 Å². The molecule has 0 bridgehead atoms. The molecule has 0 N–H and O–H groups in total. The van der Waals surface area contributed by atoms with Gasteiger partial charge in [-0.1, -0.05) is 31.0 Å². The van der Waals surface area contributed by atoms with E-state index in [4.69, 9.17) is 0 Å². The van der Waals surface area contributed by atoms with Crippen LogP contribution in [0.5, 0.6) is 0 Å². The lowest BCUT2D eigenvalue weighted by molar-refractivity contribution is 0.0792. The number of hydrogen-bond acceptors (Lipinski definition) is 1. The fourth-order valence-corrected chi connectivity index (χ4v) is 1.76. The van der Waals surface area contributed by atoms with E-state index in [-0.39, 0.29) is 5.91 Å². The summed E-state index contributed by atoms with van der Waals surface area (Å²) in [7, 11) is 1.87. The lowest BCUT2D eigenvalue weighted by Crippen LogP contribution is -2.28. The number of carbonyl (C=O) groups is 1. The standard InChI is InChI=1S/C14H21NO/c1-5-6-9-15(4)14(16)13-8-7-11(2)10-12(13)3/h7-8,10H,5-6,9H2,1-4H3. The second-order valence-corrected chi connectivity index (χ2v) is 4.40. The monoisotopic (exact) mass is 219 g/mol. The molecule has 0 saturated carbocycles. The first kappa shape index (κ1) is 12.8. The molecular formula is C14H21NO. The highest BCUT2D eigenvalue weighted by atomic mass is 16.2. The minimum absolute atomic E-state index is 0.131. The number of rotatable bonds is 4. The third kappa shape index (κ3) is 3.09. The van der Waals surface area contributed by atoms with E-state index in [2.05, 4.69) is 13.0 Å². The summed E-state index contributed by atoms with van der Waals surface area (Å²) >= 11 is 0. The summed E-state index contributed by atoms with van der Waals surface area (Å²) in [6, 6.07) is 5.98. The minimum atomic E-state index is 0.131. The molecule has 0 aliphatic rings. The third-order valence-electron chi connectivity index (χ3n) is 2.81. The molecule has 0 heterocycles. The first-order valence-electron chi connectivity index (χ1n) is 5.89. The molecule has 16 heavy (non-hydrogen) atoms. The number of unbranched alkanes of at least 4 members (excludes halogenated alkanes) is 1. The van der Waals surface area contributed by atoms with Crippen molar-refractivity contribution in [3.05, 3.63) is 34.9 Å². The molecule has 2 heteroatoms. The highest BCUT2D eigenvalue weighted by Crippen LogP contribution is 2.12. The second kappa shape index (κ2) is 5.69. The van der Waals surface area contributed by atoms with Crippen LogP contribution in [0.4, 0.5) is 0 Å². The molecule has 0 radical (unpaired) electrons. The van der Waals surface area contributed by atoms with Gasteiger partial charge in [-0.05, 0) is 31.9 Å². The predicted molar refractivity (Wildman–Crippen MR) is 67.8 cm³/mol. The first-order chi connectivity index (χ1) is 7.56. The molecular weight excluding hydrogens is 198 g/mol. The van der Waals surface area contributed by atoms with Gasteiger partial charge in [-0.15, -0.1) is 0 Å². The summed E-state index contributed by atoms with van der Waals surface area (Å²) in [6.07, 6.45) is 2.18. The van der Waals surface area contributed by atoms with Crippen LogP contribution in [0.3, 0.4) is 0 Å². The van der Waals surface area contributed by atoms with Gasteiger partial charge in [0.1, 0.15) is 0 Å². The van der Waals surface area contributed by atoms with E-state index in [1.165, 1.54) is 5.56 Å². The van der Waals surface area contributed by atoms with Crippen molar-refractivity contribution in [3.63, 3.8) is 0 Å². The molecule has 0 aliphatic carbocycles. The van der Waals surface area contributed by atoms with Gasteiger partial charge in [-0.2, -0.15) is 0 Å². The summed E-state index contributed by atoms with van der Waals surface area (Å²) in [5, 5.41) is 0. The third-order valence-corrected chi connectivity index (χ3v) is 2.81. The molecule has 1 aromatic carbocycles. The SMILES string of the molecule is CCCCN(C)C(=O)c1ccc(C)cc1C. The van der Waals surface area contributed by atoms with Gasteiger partial charge in [0.25, 0.3) is 5.91 Å². The number of benzene rings is 1. The van der Waals surface area contributed by atoms with Gasteiger partial charge < -0.3 is 4.90 Å². The van der Waals surface area contributed by atoms with E-state index in [9.17, 15) is 4.79 Å². The Kier molecular flexibility index (Phi) is 4.53. The summed E-state index contributed by atoms with van der Waals surface area (Å²) in [5.74, 6) is 0.131. The Balaban J connectivity index is 2.79. The Morgan fingerprint density at radius 1 is 1.31 bits per heavy atom. The maximum Gasteiger partial charge on any atom is 0.253 e. The Morgan fingerprint density at radius 3 is 2.56 bits per heavy atom. The first-order valence-corrected chi connectivity index (χ1v) is 5.89. The average Bonchev–Trinajstić information content (AvgIpc) is 2.25. The molecule has 1 aromatic rings. The highest BCUT2D eigenvalue weighted by molar-refractivity contribution is 5.95. The van der Waals surface area contributed by atoms with Gasteiger partial charge in [0.2, 0.25) is 0 Å². The van der Waals surface area contributed by atoms with Gasteiger partial charge >= 0.3 is 0 Å².